The normalized spacial score (nSPS) is 14.6. The number of thioether (sulfide) groups is 1. The van der Waals surface area contributed by atoms with Crippen LogP contribution in [0.25, 0.3) is 0 Å². The number of hydrogen-bond acceptors (Lipinski definition) is 6. The van der Waals surface area contributed by atoms with Crippen LogP contribution in [0.2, 0.25) is 0 Å². The highest BCUT2D eigenvalue weighted by Crippen LogP contribution is 2.42. The third-order valence-corrected chi connectivity index (χ3v) is 4.92. The molecule has 0 radical (unpaired) electrons. The lowest BCUT2D eigenvalue weighted by Crippen LogP contribution is -2.04. The zero-order valence-corrected chi connectivity index (χ0v) is 12.2. The molecule has 1 aromatic rings. The summed E-state index contributed by atoms with van der Waals surface area (Å²) in [7, 11) is 0. The molecule has 18 heavy (non-hydrogen) atoms. The van der Waals surface area contributed by atoms with Gasteiger partial charge in [0.15, 0.2) is 0 Å². The summed E-state index contributed by atoms with van der Waals surface area (Å²) >= 11 is 2.96. The molecule has 1 fully saturated rings. The van der Waals surface area contributed by atoms with Crippen molar-refractivity contribution in [3.05, 3.63) is 4.88 Å². The Labute approximate surface area is 115 Å². The largest absolute Gasteiger partial charge is 0.462 e. The Hall–Kier alpha value is -0.880. The first-order valence-electron chi connectivity index (χ1n) is 6.04. The van der Waals surface area contributed by atoms with Gasteiger partial charge in [0.2, 0.25) is 0 Å². The zero-order chi connectivity index (χ0) is 13.1. The van der Waals surface area contributed by atoms with E-state index in [4.69, 9.17) is 10.5 Å². The van der Waals surface area contributed by atoms with E-state index in [0.717, 1.165) is 22.4 Å². The molecule has 1 aromatic heterocycles. The highest BCUT2D eigenvalue weighted by Gasteiger charge is 2.24. The molecule has 0 saturated heterocycles. The van der Waals surface area contributed by atoms with E-state index in [0.29, 0.717) is 17.2 Å². The van der Waals surface area contributed by atoms with Crippen LogP contribution in [-0.4, -0.2) is 25.4 Å². The highest BCUT2D eigenvalue weighted by molar-refractivity contribution is 7.99. The van der Waals surface area contributed by atoms with Gasteiger partial charge in [-0.1, -0.05) is 0 Å². The van der Waals surface area contributed by atoms with Crippen LogP contribution in [0.5, 0.6) is 0 Å². The van der Waals surface area contributed by atoms with E-state index in [9.17, 15) is 4.79 Å². The van der Waals surface area contributed by atoms with Crippen molar-refractivity contribution < 1.29 is 9.53 Å². The Morgan fingerprint density at radius 2 is 2.33 bits per heavy atom. The SMILES string of the molecule is CCOC(=O)c1sc(NCC2CC2)c(SC)c1N. The summed E-state index contributed by atoms with van der Waals surface area (Å²) < 4.78 is 5.01. The van der Waals surface area contributed by atoms with Crippen molar-refractivity contribution in [2.75, 3.05) is 30.5 Å². The maximum atomic E-state index is 11.8. The summed E-state index contributed by atoms with van der Waals surface area (Å²) in [6, 6.07) is 0. The summed E-state index contributed by atoms with van der Waals surface area (Å²) in [5.41, 5.74) is 6.56. The quantitative estimate of drug-likeness (QED) is 0.621. The number of thiophene rings is 1. The Morgan fingerprint density at radius 3 is 2.89 bits per heavy atom. The molecule has 0 spiro atoms. The number of carbonyl (C=O) groups excluding carboxylic acids is 1. The average Bonchev–Trinajstić information content (AvgIpc) is 3.11. The van der Waals surface area contributed by atoms with E-state index >= 15 is 0 Å². The van der Waals surface area contributed by atoms with Crippen LogP contribution in [0.1, 0.15) is 29.4 Å². The summed E-state index contributed by atoms with van der Waals surface area (Å²) in [4.78, 5) is 13.2. The number of nitrogens with two attached hydrogens (primary N) is 1. The van der Waals surface area contributed by atoms with Gasteiger partial charge >= 0.3 is 5.97 Å². The predicted molar refractivity (Wildman–Crippen MR) is 77.7 cm³/mol. The van der Waals surface area contributed by atoms with Gasteiger partial charge in [-0.2, -0.15) is 0 Å². The fraction of sp³-hybridized carbons (Fsp3) is 0.583. The number of hydrogen-bond donors (Lipinski definition) is 2. The second-order valence-electron chi connectivity index (χ2n) is 4.25. The minimum absolute atomic E-state index is 0.324. The second kappa shape index (κ2) is 5.84. The number of anilines is 2. The Kier molecular flexibility index (Phi) is 4.40. The number of rotatable bonds is 6. The maximum absolute atomic E-state index is 11.8. The van der Waals surface area contributed by atoms with Gasteiger partial charge in [-0.25, -0.2) is 4.79 Å². The van der Waals surface area contributed by atoms with E-state index < -0.39 is 0 Å². The molecule has 0 unspecified atom stereocenters. The Balaban J connectivity index is 2.16. The first kappa shape index (κ1) is 13.5. The Bertz CT molecular complexity index is 442. The predicted octanol–water partition coefficient (Wildman–Crippen LogP) is 3.05. The molecule has 4 nitrogen and oxygen atoms in total. The molecule has 2 rings (SSSR count). The van der Waals surface area contributed by atoms with E-state index in [1.54, 1.807) is 18.7 Å². The van der Waals surface area contributed by atoms with Crippen molar-refractivity contribution in [1.29, 1.82) is 0 Å². The number of ether oxygens (including phenoxy) is 1. The van der Waals surface area contributed by atoms with Crippen LogP contribution in [0.3, 0.4) is 0 Å². The zero-order valence-electron chi connectivity index (χ0n) is 10.6. The third kappa shape index (κ3) is 2.92. The number of carbonyl (C=O) groups is 1. The molecule has 1 heterocycles. The molecule has 1 aliphatic carbocycles. The van der Waals surface area contributed by atoms with E-state index in [1.807, 2.05) is 6.26 Å². The number of nitrogen functional groups attached to an aromatic ring is 1. The maximum Gasteiger partial charge on any atom is 0.350 e. The highest BCUT2D eigenvalue weighted by atomic mass is 32.2. The van der Waals surface area contributed by atoms with Crippen LogP contribution in [0, 0.1) is 5.92 Å². The molecule has 0 atom stereocenters. The van der Waals surface area contributed by atoms with Crippen molar-refractivity contribution in [1.82, 2.24) is 0 Å². The summed E-state index contributed by atoms with van der Waals surface area (Å²) in [6.07, 6.45) is 4.57. The fourth-order valence-electron chi connectivity index (χ4n) is 1.66. The third-order valence-electron chi connectivity index (χ3n) is 2.81. The lowest BCUT2D eigenvalue weighted by Gasteiger charge is -2.04. The van der Waals surface area contributed by atoms with Crippen LogP contribution in [0.4, 0.5) is 10.7 Å². The number of nitrogens with one attached hydrogen (secondary N) is 1. The number of esters is 1. The van der Waals surface area contributed by atoms with Crippen molar-refractivity contribution in [2.24, 2.45) is 5.92 Å². The fourth-order valence-corrected chi connectivity index (χ4v) is 3.59. The van der Waals surface area contributed by atoms with E-state index in [1.165, 1.54) is 24.2 Å². The molecule has 0 bridgehead atoms. The molecule has 0 aromatic carbocycles. The molecule has 3 N–H and O–H groups in total. The standard InChI is InChI=1S/C12H18N2O2S2/c1-3-16-12(15)10-8(13)9(17-2)11(18-10)14-6-7-4-5-7/h7,14H,3-6,13H2,1-2H3. The molecule has 1 saturated carbocycles. The molecule has 100 valence electrons. The van der Waals surface area contributed by atoms with Gasteiger partial charge in [0, 0.05) is 6.54 Å². The van der Waals surface area contributed by atoms with Gasteiger partial charge in [0.1, 0.15) is 9.88 Å². The first-order valence-corrected chi connectivity index (χ1v) is 8.08. The van der Waals surface area contributed by atoms with Gasteiger partial charge in [-0.05, 0) is 31.9 Å². The topological polar surface area (TPSA) is 64.3 Å². The van der Waals surface area contributed by atoms with Crippen molar-refractivity contribution >= 4 is 39.8 Å². The summed E-state index contributed by atoms with van der Waals surface area (Å²) in [5, 5.41) is 4.39. The van der Waals surface area contributed by atoms with Gasteiger partial charge in [0.05, 0.1) is 17.2 Å². The minimum atomic E-state index is -0.324. The molecule has 0 amide bonds. The Morgan fingerprint density at radius 1 is 1.61 bits per heavy atom. The van der Waals surface area contributed by atoms with Crippen molar-refractivity contribution in [3.63, 3.8) is 0 Å². The molecular weight excluding hydrogens is 268 g/mol. The van der Waals surface area contributed by atoms with Crippen LogP contribution in [-0.2, 0) is 4.74 Å². The smallest absolute Gasteiger partial charge is 0.350 e. The summed E-state index contributed by atoms with van der Waals surface area (Å²) in [5.74, 6) is 0.462. The lowest BCUT2D eigenvalue weighted by molar-refractivity contribution is 0.0533. The molecule has 6 heteroatoms. The molecule has 0 aliphatic heterocycles. The van der Waals surface area contributed by atoms with E-state index in [2.05, 4.69) is 5.32 Å². The van der Waals surface area contributed by atoms with Crippen LogP contribution >= 0.6 is 23.1 Å². The van der Waals surface area contributed by atoms with Gasteiger partial charge in [0.25, 0.3) is 0 Å². The van der Waals surface area contributed by atoms with Crippen LogP contribution in [0.15, 0.2) is 4.90 Å². The lowest BCUT2D eigenvalue weighted by atomic mass is 10.4. The van der Waals surface area contributed by atoms with Crippen molar-refractivity contribution in [3.8, 4) is 0 Å². The van der Waals surface area contributed by atoms with Gasteiger partial charge < -0.3 is 15.8 Å². The van der Waals surface area contributed by atoms with E-state index in [-0.39, 0.29) is 5.97 Å². The van der Waals surface area contributed by atoms with Crippen LogP contribution < -0.4 is 11.1 Å². The molecular formula is C12H18N2O2S2. The minimum Gasteiger partial charge on any atom is -0.462 e. The summed E-state index contributed by atoms with van der Waals surface area (Å²) in [6.45, 7) is 3.13. The first-order chi connectivity index (χ1) is 8.67. The monoisotopic (exact) mass is 286 g/mol. The second-order valence-corrected chi connectivity index (χ2v) is 6.09. The molecule has 1 aliphatic rings. The van der Waals surface area contributed by atoms with Gasteiger partial charge in [-0.3, -0.25) is 0 Å². The van der Waals surface area contributed by atoms with Gasteiger partial charge in [-0.15, -0.1) is 23.1 Å². The average molecular weight is 286 g/mol. The van der Waals surface area contributed by atoms with Crippen molar-refractivity contribution in [2.45, 2.75) is 24.7 Å².